The lowest BCUT2D eigenvalue weighted by Gasteiger charge is -2.15. The highest BCUT2D eigenvalue weighted by Crippen LogP contribution is 2.23. The molecule has 3 nitrogen and oxygen atoms in total. The van der Waals surface area contributed by atoms with Gasteiger partial charge >= 0.3 is 5.63 Å². The Morgan fingerprint density at radius 2 is 1.56 bits per heavy atom. The fraction of sp³-hybridized carbons (Fsp3) is 0.625. The van der Waals surface area contributed by atoms with Gasteiger partial charge in [-0.15, -0.1) is 0 Å². The summed E-state index contributed by atoms with van der Waals surface area (Å²) in [7, 11) is 0. The van der Waals surface area contributed by atoms with Crippen LogP contribution in [0.3, 0.4) is 0 Å². The summed E-state index contributed by atoms with van der Waals surface area (Å²) < 4.78 is 5.37. The van der Waals surface area contributed by atoms with E-state index in [1.165, 1.54) is 44.6 Å². The Kier molecular flexibility index (Phi) is 8.40. The van der Waals surface area contributed by atoms with Crippen LogP contribution in [0.1, 0.15) is 78.2 Å². The fourth-order valence-corrected chi connectivity index (χ4v) is 3.74. The maximum absolute atomic E-state index is 12.2. The van der Waals surface area contributed by atoms with Gasteiger partial charge in [-0.05, 0) is 42.4 Å². The van der Waals surface area contributed by atoms with Gasteiger partial charge in [0, 0.05) is 17.0 Å². The van der Waals surface area contributed by atoms with Crippen molar-refractivity contribution in [3.05, 3.63) is 40.2 Å². The van der Waals surface area contributed by atoms with E-state index in [0.29, 0.717) is 11.5 Å². The van der Waals surface area contributed by atoms with Crippen molar-refractivity contribution in [2.45, 2.75) is 79.1 Å². The standard InChI is InChI=1S/C24H36O3/c1-5-17(2)8-6-9-18(3)10-7-11-19(4)14-21-15-20-12-13-22(25)16-23(20)27-24(21)26/h12-13,15-19,25H,5-11,14H2,1-4H3. The van der Waals surface area contributed by atoms with Crippen LogP contribution in [-0.4, -0.2) is 5.11 Å². The summed E-state index contributed by atoms with van der Waals surface area (Å²) in [6.07, 6.45) is 9.71. The van der Waals surface area contributed by atoms with E-state index in [0.717, 1.165) is 35.6 Å². The molecule has 3 unspecified atom stereocenters. The van der Waals surface area contributed by atoms with E-state index in [2.05, 4.69) is 27.7 Å². The van der Waals surface area contributed by atoms with Gasteiger partial charge in [-0.1, -0.05) is 72.6 Å². The average molecular weight is 373 g/mol. The van der Waals surface area contributed by atoms with Gasteiger partial charge in [-0.2, -0.15) is 0 Å². The first-order valence-corrected chi connectivity index (χ1v) is 10.6. The third kappa shape index (κ3) is 7.04. The summed E-state index contributed by atoms with van der Waals surface area (Å²) in [4.78, 5) is 12.2. The molecule has 1 aromatic heterocycles. The van der Waals surface area contributed by atoms with E-state index in [1.807, 2.05) is 6.07 Å². The van der Waals surface area contributed by atoms with Gasteiger partial charge in [-0.3, -0.25) is 0 Å². The van der Waals surface area contributed by atoms with E-state index in [-0.39, 0.29) is 11.4 Å². The predicted molar refractivity (Wildman–Crippen MR) is 113 cm³/mol. The Hall–Kier alpha value is -1.77. The molecular formula is C24H36O3. The molecule has 0 aliphatic carbocycles. The molecule has 0 saturated heterocycles. The largest absolute Gasteiger partial charge is 0.508 e. The van der Waals surface area contributed by atoms with E-state index < -0.39 is 0 Å². The lowest BCUT2D eigenvalue weighted by molar-refractivity contribution is 0.390. The molecule has 0 aliphatic rings. The van der Waals surface area contributed by atoms with E-state index in [9.17, 15) is 9.90 Å². The van der Waals surface area contributed by atoms with Crippen LogP contribution < -0.4 is 5.63 Å². The van der Waals surface area contributed by atoms with Crippen molar-refractivity contribution in [3.8, 4) is 5.75 Å². The first-order chi connectivity index (χ1) is 12.9. The number of benzene rings is 1. The van der Waals surface area contributed by atoms with Crippen molar-refractivity contribution in [2.75, 3.05) is 0 Å². The Morgan fingerprint density at radius 1 is 0.926 bits per heavy atom. The zero-order chi connectivity index (χ0) is 19.8. The Bertz CT molecular complexity index is 762. The first-order valence-electron chi connectivity index (χ1n) is 10.6. The first kappa shape index (κ1) is 21.5. The summed E-state index contributed by atoms with van der Waals surface area (Å²) in [5.41, 5.74) is 0.906. The van der Waals surface area contributed by atoms with Crippen LogP contribution >= 0.6 is 0 Å². The molecule has 0 saturated carbocycles. The van der Waals surface area contributed by atoms with Gasteiger partial charge in [0.2, 0.25) is 0 Å². The smallest absolute Gasteiger partial charge is 0.339 e. The molecule has 0 spiro atoms. The summed E-state index contributed by atoms with van der Waals surface area (Å²) in [6.45, 7) is 9.20. The van der Waals surface area contributed by atoms with Crippen LogP contribution in [0.5, 0.6) is 5.75 Å². The second-order valence-electron chi connectivity index (χ2n) is 8.57. The zero-order valence-corrected chi connectivity index (χ0v) is 17.5. The average Bonchev–Trinajstić information content (AvgIpc) is 2.62. The van der Waals surface area contributed by atoms with Crippen LogP contribution in [0.2, 0.25) is 0 Å². The summed E-state index contributed by atoms with van der Waals surface area (Å²) >= 11 is 0. The van der Waals surface area contributed by atoms with Crippen LogP contribution in [0.15, 0.2) is 33.5 Å². The maximum atomic E-state index is 12.2. The normalized spacial score (nSPS) is 15.0. The molecule has 0 radical (unpaired) electrons. The third-order valence-corrected chi connectivity index (χ3v) is 5.84. The lowest BCUT2D eigenvalue weighted by atomic mass is 9.91. The number of phenols is 1. The quantitative estimate of drug-likeness (QED) is 0.446. The Morgan fingerprint density at radius 3 is 2.22 bits per heavy atom. The van der Waals surface area contributed by atoms with E-state index in [1.54, 1.807) is 12.1 Å². The molecule has 27 heavy (non-hydrogen) atoms. The molecule has 1 aromatic carbocycles. The highest BCUT2D eigenvalue weighted by Gasteiger charge is 2.12. The maximum Gasteiger partial charge on any atom is 0.339 e. The van der Waals surface area contributed by atoms with Gasteiger partial charge in [-0.25, -0.2) is 4.79 Å². The minimum absolute atomic E-state index is 0.116. The molecular weight excluding hydrogens is 336 g/mol. The highest BCUT2D eigenvalue weighted by molar-refractivity contribution is 5.78. The molecule has 3 heteroatoms. The SMILES string of the molecule is CCC(C)CCCC(C)CCCC(C)Cc1cc2ccc(O)cc2oc1=O. The summed E-state index contributed by atoms with van der Waals surface area (Å²) in [5, 5.41) is 10.4. The monoisotopic (exact) mass is 372 g/mol. The molecule has 150 valence electrons. The fourth-order valence-electron chi connectivity index (χ4n) is 3.74. The van der Waals surface area contributed by atoms with Crippen LogP contribution in [0.4, 0.5) is 0 Å². The minimum atomic E-state index is -0.279. The van der Waals surface area contributed by atoms with Gasteiger partial charge in [0.1, 0.15) is 11.3 Å². The van der Waals surface area contributed by atoms with E-state index in [4.69, 9.17) is 4.42 Å². The second-order valence-corrected chi connectivity index (χ2v) is 8.57. The highest BCUT2D eigenvalue weighted by atomic mass is 16.4. The van der Waals surface area contributed by atoms with Crippen molar-refractivity contribution in [1.29, 1.82) is 0 Å². The van der Waals surface area contributed by atoms with Crippen molar-refractivity contribution in [3.63, 3.8) is 0 Å². The molecule has 0 fully saturated rings. The van der Waals surface area contributed by atoms with Gasteiger partial charge in [0.05, 0.1) is 0 Å². The van der Waals surface area contributed by atoms with Crippen LogP contribution in [0.25, 0.3) is 11.0 Å². The van der Waals surface area contributed by atoms with Crippen molar-refractivity contribution in [2.24, 2.45) is 17.8 Å². The summed E-state index contributed by atoms with van der Waals surface area (Å²) in [6, 6.07) is 6.82. The molecule has 3 atom stereocenters. The molecule has 2 rings (SSSR count). The predicted octanol–water partition coefficient (Wildman–Crippen LogP) is 6.70. The number of rotatable bonds is 11. The number of fused-ring (bicyclic) bond motifs is 1. The zero-order valence-electron chi connectivity index (χ0n) is 17.5. The number of aromatic hydroxyl groups is 1. The van der Waals surface area contributed by atoms with Gasteiger partial charge in [0.25, 0.3) is 0 Å². The van der Waals surface area contributed by atoms with E-state index >= 15 is 0 Å². The number of hydrogen-bond donors (Lipinski definition) is 1. The molecule has 0 amide bonds. The molecule has 1 heterocycles. The summed E-state index contributed by atoms with van der Waals surface area (Å²) in [5.74, 6) is 2.23. The molecule has 0 aliphatic heterocycles. The number of hydrogen-bond acceptors (Lipinski definition) is 3. The molecule has 0 bridgehead atoms. The lowest BCUT2D eigenvalue weighted by Crippen LogP contribution is -2.11. The van der Waals surface area contributed by atoms with Crippen LogP contribution in [-0.2, 0) is 6.42 Å². The Balaban J connectivity index is 1.78. The molecule has 1 N–H and O–H groups in total. The number of phenolic OH excluding ortho intramolecular Hbond substituents is 1. The van der Waals surface area contributed by atoms with Gasteiger partial charge in [0.15, 0.2) is 0 Å². The molecule has 2 aromatic rings. The van der Waals surface area contributed by atoms with Crippen molar-refractivity contribution >= 4 is 11.0 Å². The second kappa shape index (κ2) is 10.5. The topological polar surface area (TPSA) is 50.4 Å². The van der Waals surface area contributed by atoms with Crippen molar-refractivity contribution in [1.82, 2.24) is 0 Å². The van der Waals surface area contributed by atoms with Crippen LogP contribution in [0, 0.1) is 17.8 Å². The van der Waals surface area contributed by atoms with Gasteiger partial charge < -0.3 is 9.52 Å². The van der Waals surface area contributed by atoms with Crippen molar-refractivity contribution < 1.29 is 9.52 Å². The third-order valence-electron chi connectivity index (χ3n) is 5.84. The Labute approximate surface area is 163 Å². The minimum Gasteiger partial charge on any atom is -0.508 e.